The molecule has 1 saturated heterocycles. The molecule has 1 aliphatic rings. The Morgan fingerprint density at radius 2 is 1.98 bits per heavy atom. The zero-order valence-electron chi connectivity index (χ0n) is 23.2. The zero-order chi connectivity index (χ0) is 28.4. The first-order valence-corrected chi connectivity index (χ1v) is 13.9. The van der Waals surface area contributed by atoms with Crippen LogP contribution in [-0.4, -0.2) is 61.0 Å². The van der Waals surface area contributed by atoms with Crippen LogP contribution < -0.4 is 15.0 Å². The van der Waals surface area contributed by atoms with Crippen molar-refractivity contribution in [3.05, 3.63) is 84.5 Å². The number of pyridine rings is 2. The third-order valence-electron chi connectivity index (χ3n) is 7.63. The molecular weight excluding hydrogens is 518 g/mol. The second-order valence-corrected chi connectivity index (χ2v) is 10.6. The summed E-state index contributed by atoms with van der Waals surface area (Å²) in [6.07, 6.45) is 9.02. The van der Waals surface area contributed by atoms with Gasteiger partial charge in [0.25, 0.3) is 0 Å². The molecule has 0 atom stereocenters. The van der Waals surface area contributed by atoms with Gasteiger partial charge in [-0.05, 0) is 56.9 Å². The van der Waals surface area contributed by atoms with Crippen LogP contribution in [0.2, 0.25) is 0 Å². The lowest BCUT2D eigenvalue weighted by molar-refractivity contribution is -0.118. The van der Waals surface area contributed by atoms with Crippen molar-refractivity contribution in [2.24, 2.45) is 0 Å². The van der Waals surface area contributed by atoms with Crippen LogP contribution in [0, 0.1) is 0 Å². The number of benzene rings is 1. The van der Waals surface area contributed by atoms with E-state index in [1.807, 2.05) is 54.2 Å². The van der Waals surface area contributed by atoms with E-state index in [0.29, 0.717) is 12.3 Å². The predicted octanol–water partition coefficient (Wildman–Crippen LogP) is 4.83. The first-order valence-electron chi connectivity index (χ1n) is 13.9. The maximum Gasteiger partial charge on any atom is 0.247 e. The number of nitrogens with zero attached hydrogens (tertiary/aromatic N) is 5. The number of aliphatic hydroxyl groups excluding tert-OH is 1. The van der Waals surface area contributed by atoms with Gasteiger partial charge in [0.1, 0.15) is 11.6 Å². The normalized spacial score (nSPS) is 15.4. The zero-order valence-corrected chi connectivity index (χ0v) is 23.2. The van der Waals surface area contributed by atoms with Gasteiger partial charge >= 0.3 is 0 Å². The van der Waals surface area contributed by atoms with Crippen LogP contribution in [0.25, 0.3) is 27.7 Å². The Morgan fingerprint density at radius 3 is 2.68 bits per heavy atom. The van der Waals surface area contributed by atoms with Crippen LogP contribution in [0.3, 0.4) is 0 Å². The lowest BCUT2D eigenvalue weighted by Gasteiger charge is -2.43. The van der Waals surface area contributed by atoms with Gasteiger partial charge in [0.2, 0.25) is 5.91 Å². The summed E-state index contributed by atoms with van der Waals surface area (Å²) >= 11 is 0. The number of fused-ring (bicyclic) bond motifs is 3. The number of piperidine rings is 1. The SMILES string of the molecule is CCOc1cc(-c2ccc(N3CCC(Cc4ccccc4)(NC(=O)/C=C(/C)O)CC3)nc2)c2c3cn[nH]c3nn2c1. The Balaban J connectivity index is 1.24. The van der Waals surface area contributed by atoms with Crippen molar-refractivity contribution in [3.63, 3.8) is 0 Å². The predicted molar refractivity (Wildman–Crippen MR) is 158 cm³/mol. The Morgan fingerprint density at radius 1 is 1.17 bits per heavy atom. The molecule has 1 amide bonds. The highest BCUT2D eigenvalue weighted by Gasteiger charge is 2.36. The lowest BCUT2D eigenvalue weighted by atomic mass is 9.81. The molecule has 1 aliphatic heterocycles. The molecule has 4 aromatic heterocycles. The number of aliphatic hydroxyl groups is 1. The Hall–Kier alpha value is -4.86. The second kappa shape index (κ2) is 11.0. The highest BCUT2D eigenvalue weighted by atomic mass is 16.5. The monoisotopic (exact) mass is 551 g/mol. The molecule has 1 fully saturated rings. The smallest absolute Gasteiger partial charge is 0.247 e. The molecule has 0 saturated carbocycles. The minimum Gasteiger partial charge on any atom is -0.512 e. The molecule has 41 heavy (non-hydrogen) atoms. The van der Waals surface area contributed by atoms with Gasteiger partial charge in [0.05, 0.1) is 35.7 Å². The quantitative estimate of drug-likeness (QED) is 0.187. The minimum atomic E-state index is -0.413. The minimum absolute atomic E-state index is 0.00686. The van der Waals surface area contributed by atoms with Crippen molar-refractivity contribution in [2.45, 2.75) is 38.6 Å². The van der Waals surface area contributed by atoms with E-state index in [1.54, 1.807) is 6.20 Å². The summed E-state index contributed by atoms with van der Waals surface area (Å²) in [4.78, 5) is 19.8. The van der Waals surface area contributed by atoms with E-state index in [4.69, 9.17) is 9.72 Å². The number of anilines is 1. The Kier molecular flexibility index (Phi) is 7.05. The molecule has 0 spiro atoms. The number of aromatic nitrogens is 5. The molecule has 5 aromatic rings. The first-order chi connectivity index (χ1) is 19.9. The summed E-state index contributed by atoms with van der Waals surface area (Å²) in [5, 5.41) is 25.5. The number of carbonyl (C=O) groups excluding carboxylic acids is 1. The summed E-state index contributed by atoms with van der Waals surface area (Å²) < 4.78 is 7.64. The summed E-state index contributed by atoms with van der Waals surface area (Å²) in [5.74, 6) is 1.34. The molecule has 0 bridgehead atoms. The molecule has 210 valence electrons. The van der Waals surface area contributed by atoms with Crippen LogP contribution in [0.4, 0.5) is 5.82 Å². The number of hydrogen-bond donors (Lipinski definition) is 3. The van der Waals surface area contributed by atoms with E-state index >= 15 is 0 Å². The average molecular weight is 552 g/mol. The summed E-state index contributed by atoms with van der Waals surface area (Å²) in [7, 11) is 0. The van der Waals surface area contributed by atoms with Crippen LogP contribution in [0.5, 0.6) is 5.75 Å². The van der Waals surface area contributed by atoms with Gasteiger partial charge in [-0.3, -0.25) is 9.89 Å². The van der Waals surface area contributed by atoms with Crippen LogP contribution in [0.15, 0.2) is 79.0 Å². The third kappa shape index (κ3) is 5.45. The number of rotatable bonds is 8. The molecule has 10 nitrogen and oxygen atoms in total. The van der Waals surface area contributed by atoms with Crippen molar-refractivity contribution < 1.29 is 14.6 Å². The highest BCUT2D eigenvalue weighted by molar-refractivity contribution is 6.00. The maximum absolute atomic E-state index is 12.6. The fraction of sp³-hybridized carbons (Fsp3) is 0.290. The van der Waals surface area contributed by atoms with Crippen LogP contribution in [-0.2, 0) is 11.2 Å². The fourth-order valence-electron chi connectivity index (χ4n) is 5.72. The molecule has 0 unspecified atom stereocenters. The fourth-order valence-corrected chi connectivity index (χ4v) is 5.72. The largest absolute Gasteiger partial charge is 0.512 e. The number of allylic oxidation sites excluding steroid dienone is 1. The molecular formula is C31H33N7O3. The van der Waals surface area contributed by atoms with Gasteiger partial charge in [-0.2, -0.15) is 5.10 Å². The van der Waals surface area contributed by atoms with Gasteiger partial charge < -0.3 is 20.1 Å². The maximum atomic E-state index is 12.6. The van der Waals surface area contributed by atoms with E-state index in [0.717, 1.165) is 65.9 Å². The summed E-state index contributed by atoms with van der Waals surface area (Å²) in [5.41, 5.74) is 4.34. The number of aromatic amines is 1. The first kappa shape index (κ1) is 26.4. The number of nitrogens with one attached hydrogen (secondary N) is 2. The topological polar surface area (TPSA) is 121 Å². The molecule has 3 N–H and O–H groups in total. The molecule has 0 aliphatic carbocycles. The van der Waals surface area contributed by atoms with Crippen LogP contribution >= 0.6 is 0 Å². The molecule has 10 heteroatoms. The van der Waals surface area contributed by atoms with Gasteiger partial charge in [-0.15, -0.1) is 5.10 Å². The number of carbonyl (C=O) groups is 1. The van der Waals surface area contributed by atoms with E-state index in [1.165, 1.54) is 18.6 Å². The average Bonchev–Trinajstić information content (AvgIpc) is 3.55. The molecule has 6 rings (SSSR count). The van der Waals surface area contributed by atoms with Gasteiger partial charge in [0.15, 0.2) is 5.65 Å². The summed E-state index contributed by atoms with van der Waals surface area (Å²) in [6, 6.07) is 16.3. The van der Waals surface area contributed by atoms with Crippen LogP contribution in [0.1, 0.15) is 32.3 Å². The van der Waals surface area contributed by atoms with Crippen molar-refractivity contribution in [2.75, 3.05) is 24.6 Å². The highest BCUT2D eigenvalue weighted by Crippen LogP contribution is 2.34. The van der Waals surface area contributed by atoms with Crippen molar-refractivity contribution in [3.8, 4) is 16.9 Å². The van der Waals surface area contributed by atoms with Crippen molar-refractivity contribution in [1.82, 2.24) is 30.1 Å². The standard InChI is InChI=1S/C31H33N7O3/c1-3-41-24-16-25(29-26-19-33-35-30(26)36-38(29)20-24)23-9-10-27(32-18-23)37-13-11-31(12-14-37,34-28(40)15-21(2)39)17-22-7-5-4-6-8-22/h4-10,15-16,18-20,39H,3,11-14,17H2,1-2H3,(H,34,40)(H,35,36)/b21-15-. The number of amides is 1. The number of ether oxygens (including phenoxy) is 1. The van der Waals surface area contributed by atoms with E-state index < -0.39 is 5.54 Å². The molecule has 5 heterocycles. The summed E-state index contributed by atoms with van der Waals surface area (Å²) in [6.45, 7) is 5.50. The molecule has 0 radical (unpaired) electrons. The van der Waals surface area contributed by atoms with Gasteiger partial charge in [-0.25, -0.2) is 9.50 Å². The van der Waals surface area contributed by atoms with E-state index in [-0.39, 0.29) is 11.7 Å². The van der Waals surface area contributed by atoms with E-state index in [2.05, 4.69) is 43.7 Å². The van der Waals surface area contributed by atoms with Gasteiger partial charge in [0, 0.05) is 42.0 Å². The Bertz CT molecular complexity index is 1690. The van der Waals surface area contributed by atoms with Crippen molar-refractivity contribution >= 4 is 28.3 Å². The van der Waals surface area contributed by atoms with E-state index in [9.17, 15) is 9.90 Å². The third-order valence-corrected chi connectivity index (χ3v) is 7.63. The van der Waals surface area contributed by atoms with Crippen molar-refractivity contribution in [1.29, 1.82) is 0 Å². The number of H-pyrrole nitrogens is 1. The second-order valence-electron chi connectivity index (χ2n) is 10.6. The lowest BCUT2D eigenvalue weighted by Crippen LogP contribution is -2.56. The molecule has 1 aromatic carbocycles. The van der Waals surface area contributed by atoms with Gasteiger partial charge in [-0.1, -0.05) is 30.3 Å². The number of hydrogen-bond acceptors (Lipinski definition) is 7. The Labute approximate surface area is 237 Å².